The highest BCUT2D eigenvalue weighted by molar-refractivity contribution is 5.18. The van der Waals surface area contributed by atoms with Gasteiger partial charge in [0.05, 0.1) is 19.3 Å². The lowest BCUT2D eigenvalue weighted by Gasteiger charge is -2.32. The Kier molecular flexibility index (Phi) is 4.65. The number of aromatic nitrogens is 2. The summed E-state index contributed by atoms with van der Waals surface area (Å²) in [5.41, 5.74) is 1.96. The minimum absolute atomic E-state index is 0.0743. The molecule has 1 unspecified atom stereocenters. The molecule has 0 bridgehead atoms. The van der Waals surface area contributed by atoms with Gasteiger partial charge in [0.1, 0.15) is 5.82 Å². The number of aryl methyl sites for hydroxylation is 1. The SMILES string of the molecule is CCc1cc(=O)[nH]c(CN2CCOC(c3ccccc3)C2)n1. The molecule has 0 radical (unpaired) electrons. The van der Waals surface area contributed by atoms with Crippen LogP contribution in [0.25, 0.3) is 0 Å². The molecule has 0 saturated carbocycles. The van der Waals surface area contributed by atoms with Crippen LogP contribution in [-0.4, -0.2) is 34.6 Å². The van der Waals surface area contributed by atoms with E-state index in [9.17, 15) is 4.79 Å². The summed E-state index contributed by atoms with van der Waals surface area (Å²) in [5.74, 6) is 0.734. The van der Waals surface area contributed by atoms with Gasteiger partial charge in [0, 0.05) is 24.8 Å². The molecule has 1 aromatic heterocycles. The minimum atomic E-state index is -0.0743. The highest BCUT2D eigenvalue weighted by atomic mass is 16.5. The second-order valence-corrected chi connectivity index (χ2v) is 5.54. The van der Waals surface area contributed by atoms with Crippen LogP contribution < -0.4 is 5.56 Å². The third kappa shape index (κ3) is 3.61. The van der Waals surface area contributed by atoms with E-state index in [1.54, 1.807) is 6.07 Å². The molecule has 1 aliphatic rings. The molecule has 1 atom stereocenters. The number of nitrogens with one attached hydrogen (secondary N) is 1. The first-order chi connectivity index (χ1) is 10.7. The van der Waals surface area contributed by atoms with Crippen molar-refractivity contribution in [3.05, 3.63) is 63.8 Å². The van der Waals surface area contributed by atoms with Gasteiger partial charge in [-0.15, -0.1) is 0 Å². The fourth-order valence-corrected chi connectivity index (χ4v) is 2.75. The Morgan fingerprint density at radius 2 is 2.18 bits per heavy atom. The number of benzene rings is 1. The van der Waals surface area contributed by atoms with Crippen molar-refractivity contribution in [1.29, 1.82) is 0 Å². The first-order valence-electron chi connectivity index (χ1n) is 7.72. The predicted molar refractivity (Wildman–Crippen MR) is 84.6 cm³/mol. The molecular weight excluding hydrogens is 278 g/mol. The van der Waals surface area contributed by atoms with Crippen LogP contribution >= 0.6 is 0 Å². The van der Waals surface area contributed by atoms with Crippen molar-refractivity contribution in [3.63, 3.8) is 0 Å². The van der Waals surface area contributed by atoms with Crippen LogP contribution in [0.2, 0.25) is 0 Å². The molecule has 5 heteroatoms. The lowest BCUT2D eigenvalue weighted by atomic mass is 10.1. The topological polar surface area (TPSA) is 58.2 Å². The third-order valence-corrected chi connectivity index (χ3v) is 3.90. The quantitative estimate of drug-likeness (QED) is 0.937. The average molecular weight is 299 g/mol. The molecule has 1 N–H and O–H groups in total. The molecular formula is C17H21N3O2. The molecule has 2 heterocycles. The van der Waals surface area contributed by atoms with Crippen LogP contribution in [0.3, 0.4) is 0 Å². The second-order valence-electron chi connectivity index (χ2n) is 5.54. The lowest BCUT2D eigenvalue weighted by molar-refractivity contribution is -0.0337. The number of hydrogen-bond acceptors (Lipinski definition) is 4. The molecule has 3 rings (SSSR count). The van der Waals surface area contributed by atoms with Crippen molar-refractivity contribution in [3.8, 4) is 0 Å². The Bertz CT molecular complexity index is 669. The second kappa shape index (κ2) is 6.85. The van der Waals surface area contributed by atoms with Gasteiger partial charge in [-0.05, 0) is 12.0 Å². The zero-order valence-electron chi connectivity index (χ0n) is 12.8. The van der Waals surface area contributed by atoms with Gasteiger partial charge in [0.25, 0.3) is 5.56 Å². The predicted octanol–water partition coefficient (Wildman–Crippen LogP) is 1.91. The van der Waals surface area contributed by atoms with E-state index in [-0.39, 0.29) is 11.7 Å². The molecule has 116 valence electrons. The Balaban J connectivity index is 1.70. The monoisotopic (exact) mass is 299 g/mol. The normalized spacial score (nSPS) is 19.2. The molecule has 0 spiro atoms. The molecule has 0 aliphatic carbocycles. The minimum Gasteiger partial charge on any atom is -0.371 e. The number of rotatable bonds is 4. The molecule has 0 amide bonds. The lowest BCUT2D eigenvalue weighted by Crippen LogP contribution is -2.38. The van der Waals surface area contributed by atoms with Crippen LogP contribution in [0, 0.1) is 0 Å². The molecule has 1 fully saturated rings. The zero-order chi connectivity index (χ0) is 15.4. The van der Waals surface area contributed by atoms with Crippen molar-refractivity contribution in [2.45, 2.75) is 26.0 Å². The molecule has 2 aromatic rings. The van der Waals surface area contributed by atoms with E-state index in [1.807, 2.05) is 25.1 Å². The van der Waals surface area contributed by atoms with E-state index in [1.165, 1.54) is 5.56 Å². The van der Waals surface area contributed by atoms with Crippen LogP contribution in [0.5, 0.6) is 0 Å². The van der Waals surface area contributed by atoms with E-state index in [0.717, 1.165) is 31.0 Å². The van der Waals surface area contributed by atoms with Crippen LogP contribution in [0.15, 0.2) is 41.2 Å². The largest absolute Gasteiger partial charge is 0.371 e. The first kappa shape index (κ1) is 14.9. The summed E-state index contributed by atoms with van der Waals surface area (Å²) >= 11 is 0. The summed E-state index contributed by atoms with van der Waals surface area (Å²) in [6.07, 6.45) is 0.850. The van der Waals surface area contributed by atoms with Crippen molar-refractivity contribution in [1.82, 2.24) is 14.9 Å². The maximum Gasteiger partial charge on any atom is 0.251 e. The first-order valence-corrected chi connectivity index (χ1v) is 7.72. The Labute approximate surface area is 130 Å². The molecule has 1 saturated heterocycles. The Morgan fingerprint density at radius 1 is 1.36 bits per heavy atom. The van der Waals surface area contributed by atoms with Gasteiger partial charge < -0.3 is 9.72 Å². The highest BCUT2D eigenvalue weighted by Gasteiger charge is 2.22. The van der Waals surface area contributed by atoms with Gasteiger partial charge in [-0.3, -0.25) is 9.69 Å². The standard InChI is InChI=1S/C17H21N3O2/c1-2-14-10-17(21)19-16(18-14)12-20-8-9-22-15(11-20)13-6-4-3-5-7-13/h3-7,10,15H,2,8-9,11-12H2,1H3,(H,18,19,21). The van der Waals surface area contributed by atoms with Crippen LogP contribution in [0.1, 0.15) is 30.1 Å². The van der Waals surface area contributed by atoms with E-state index in [2.05, 4.69) is 27.0 Å². The van der Waals surface area contributed by atoms with Crippen molar-refractivity contribution >= 4 is 0 Å². The number of ether oxygens (including phenoxy) is 1. The van der Waals surface area contributed by atoms with E-state index in [0.29, 0.717) is 13.2 Å². The number of morpholine rings is 1. The Morgan fingerprint density at radius 3 is 2.95 bits per heavy atom. The van der Waals surface area contributed by atoms with Crippen molar-refractivity contribution in [2.24, 2.45) is 0 Å². The summed E-state index contributed by atoms with van der Waals surface area (Å²) in [4.78, 5) is 21.3. The van der Waals surface area contributed by atoms with Gasteiger partial charge in [-0.25, -0.2) is 4.98 Å². The van der Waals surface area contributed by atoms with E-state index < -0.39 is 0 Å². The van der Waals surface area contributed by atoms with Crippen LogP contribution in [-0.2, 0) is 17.7 Å². The number of hydrogen-bond donors (Lipinski definition) is 1. The van der Waals surface area contributed by atoms with Gasteiger partial charge in [-0.1, -0.05) is 37.3 Å². The highest BCUT2D eigenvalue weighted by Crippen LogP contribution is 2.22. The fourth-order valence-electron chi connectivity index (χ4n) is 2.75. The average Bonchev–Trinajstić information content (AvgIpc) is 2.55. The summed E-state index contributed by atoms with van der Waals surface area (Å²) < 4.78 is 5.87. The van der Waals surface area contributed by atoms with Crippen molar-refractivity contribution < 1.29 is 4.74 Å². The number of H-pyrrole nitrogens is 1. The third-order valence-electron chi connectivity index (χ3n) is 3.90. The summed E-state index contributed by atoms with van der Waals surface area (Å²) in [6.45, 7) is 5.01. The summed E-state index contributed by atoms with van der Waals surface area (Å²) in [6, 6.07) is 11.8. The fraction of sp³-hybridized carbons (Fsp3) is 0.412. The molecule has 1 aliphatic heterocycles. The molecule has 22 heavy (non-hydrogen) atoms. The molecule has 1 aromatic carbocycles. The van der Waals surface area contributed by atoms with Crippen LogP contribution in [0.4, 0.5) is 0 Å². The number of nitrogens with zero attached hydrogens (tertiary/aromatic N) is 2. The van der Waals surface area contributed by atoms with Gasteiger partial charge in [0.2, 0.25) is 0 Å². The maximum atomic E-state index is 11.7. The smallest absolute Gasteiger partial charge is 0.251 e. The summed E-state index contributed by atoms with van der Waals surface area (Å²) in [5, 5.41) is 0. The van der Waals surface area contributed by atoms with E-state index in [4.69, 9.17) is 4.74 Å². The maximum absolute atomic E-state index is 11.7. The Hall–Kier alpha value is -1.98. The van der Waals surface area contributed by atoms with Gasteiger partial charge in [0.15, 0.2) is 0 Å². The zero-order valence-corrected chi connectivity index (χ0v) is 12.8. The van der Waals surface area contributed by atoms with Crippen molar-refractivity contribution in [2.75, 3.05) is 19.7 Å². The number of aromatic amines is 1. The van der Waals surface area contributed by atoms with Gasteiger partial charge in [-0.2, -0.15) is 0 Å². The molecule has 5 nitrogen and oxygen atoms in total. The summed E-state index contributed by atoms with van der Waals surface area (Å²) in [7, 11) is 0. The van der Waals surface area contributed by atoms with E-state index >= 15 is 0 Å². The van der Waals surface area contributed by atoms with Gasteiger partial charge >= 0.3 is 0 Å².